The zero-order valence-corrected chi connectivity index (χ0v) is 14.5. The number of benzene rings is 2. The molecule has 0 fully saturated rings. The Balaban J connectivity index is 2.34. The average Bonchev–Trinajstić information content (AvgIpc) is 2.42. The third kappa shape index (κ3) is 4.08. The Bertz CT molecular complexity index is 808. The van der Waals surface area contributed by atoms with Crippen LogP contribution in [0.1, 0.15) is 6.42 Å². The van der Waals surface area contributed by atoms with Crippen molar-refractivity contribution in [1.29, 1.82) is 0 Å². The van der Waals surface area contributed by atoms with Gasteiger partial charge in [0.25, 0.3) is 10.1 Å². The second-order valence-electron chi connectivity index (χ2n) is 4.78. The Hall–Kier alpha value is -1.39. The molecule has 0 saturated heterocycles. The number of nitrogens with two attached hydrogens (primary N) is 1. The van der Waals surface area contributed by atoms with Crippen molar-refractivity contribution in [3.8, 4) is 0 Å². The highest BCUT2D eigenvalue weighted by Gasteiger charge is 2.15. The maximum absolute atomic E-state index is 11.4. The van der Waals surface area contributed by atoms with Crippen molar-refractivity contribution in [2.75, 3.05) is 11.9 Å². The summed E-state index contributed by atoms with van der Waals surface area (Å²) in [6.45, 7) is 0.513. The third-order valence-electron chi connectivity index (χ3n) is 3.10. The fourth-order valence-electron chi connectivity index (χ4n) is 2.17. The first kappa shape index (κ1) is 17.0. The topological polar surface area (TPSA) is 109 Å². The number of hydrogen-bond donors (Lipinski definition) is 3. The van der Waals surface area contributed by atoms with Gasteiger partial charge in [-0.2, -0.15) is 8.42 Å². The fraction of sp³-hybridized carbons (Fsp3) is 0.214. The van der Waals surface area contributed by atoms with Gasteiger partial charge in [0.1, 0.15) is 4.90 Å². The molecule has 4 N–H and O–H groups in total. The van der Waals surface area contributed by atoms with Crippen LogP contribution in [0.2, 0.25) is 0 Å². The summed E-state index contributed by atoms with van der Waals surface area (Å²) in [4.78, 5) is 10.8. The summed E-state index contributed by atoms with van der Waals surface area (Å²) < 4.78 is 32.2. The number of amides is 1. The second kappa shape index (κ2) is 6.80. The molecule has 118 valence electrons. The summed E-state index contributed by atoms with van der Waals surface area (Å²) in [5.41, 5.74) is 5.89. The predicted molar refractivity (Wildman–Crippen MR) is 93.9 cm³/mol. The van der Waals surface area contributed by atoms with E-state index in [4.69, 9.17) is 5.73 Å². The Labute approximate surface area is 142 Å². The van der Waals surface area contributed by atoms with Crippen molar-refractivity contribution in [3.63, 3.8) is 0 Å². The Morgan fingerprint density at radius 3 is 2.50 bits per heavy atom. The summed E-state index contributed by atoms with van der Waals surface area (Å²) in [6.07, 6.45) is 0.259. The zero-order chi connectivity index (χ0) is 16.3. The number of anilines is 1. The van der Waals surface area contributed by atoms with Gasteiger partial charge in [0.15, 0.2) is 0 Å². The van der Waals surface area contributed by atoms with Crippen molar-refractivity contribution in [1.82, 2.24) is 0 Å². The van der Waals surface area contributed by atoms with E-state index in [9.17, 15) is 17.8 Å². The molecular weight excluding hydrogens is 419 g/mol. The van der Waals surface area contributed by atoms with Gasteiger partial charge in [0.2, 0.25) is 5.91 Å². The molecule has 1 atom stereocenters. The van der Waals surface area contributed by atoms with E-state index in [-0.39, 0.29) is 21.1 Å². The van der Waals surface area contributed by atoms with E-state index in [2.05, 4.69) is 27.9 Å². The van der Waals surface area contributed by atoms with E-state index >= 15 is 0 Å². The average molecular weight is 434 g/mol. The Kier molecular flexibility index (Phi) is 5.24. The molecule has 0 aliphatic carbocycles. The molecule has 0 spiro atoms. The summed E-state index contributed by atoms with van der Waals surface area (Å²) >= 11 is 2.13. The van der Waals surface area contributed by atoms with Crippen molar-refractivity contribution in [2.45, 2.75) is 15.2 Å². The van der Waals surface area contributed by atoms with Crippen molar-refractivity contribution in [2.24, 2.45) is 5.73 Å². The maximum Gasteiger partial charge on any atom is 0.295 e. The molecule has 6 nitrogen and oxygen atoms in total. The summed E-state index contributed by atoms with van der Waals surface area (Å²) in [5.74, 6) is -0.368. The van der Waals surface area contributed by atoms with Gasteiger partial charge in [-0.1, -0.05) is 46.9 Å². The minimum absolute atomic E-state index is 0.0233. The SMILES string of the molecule is NC(=O)CC(I)CNc1cccc2c(S(=O)(=O)O)cccc12. The number of halogens is 1. The van der Waals surface area contributed by atoms with E-state index < -0.39 is 10.1 Å². The van der Waals surface area contributed by atoms with E-state index in [0.717, 1.165) is 5.69 Å². The normalized spacial score (nSPS) is 13.0. The van der Waals surface area contributed by atoms with Crippen LogP contribution in [0.4, 0.5) is 5.69 Å². The highest BCUT2D eigenvalue weighted by atomic mass is 127. The number of carbonyl (C=O) groups is 1. The van der Waals surface area contributed by atoms with Crippen molar-refractivity contribution < 1.29 is 17.8 Å². The van der Waals surface area contributed by atoms with E-state index in [0.29, 0.717) is 17.3 Å². The molecule has 1 unspecified atom stereocenters. The molecule has 0 aromatic heterocycles. The van der Waals surface area contributed by atoms with Gasteiger partial charge in [-0.3, -0.25) is 9.35 Å². The van der Waals surface area contributed by atoms with Gasteiger partial charge < -0.3 is 11.1 Å². The van der Waals surface area contributed by atoms with Crippen LogP contribution >= 0.6 is 22.6 Å². The number of alkyl halides is 1. The third-order valence-corrected chi connectivity index (χ3v) is 4.89. The highest BCUT2D eigenvalue weighted by molar-refractivity contribution is 14.1. The minimum Gasteiger partial charge on any atom is -0.383 e. The molecule has 0 bridgehead atoms. The molecule has 0 radical (unpaired) electrons. The van der Waals surface area contributed by atoms with Crippen LogP contribution in [0.5, 0.6) is 0 Å². The molecule has 0 heterocycles. The van der Waals surface area contributed by atoms with E-state index in [1.54, 1.807) is 24.3 Å². The monoisotopic (exact) mass is 434 g/mol. The molecule has 0 aliphatic heterocycles. The van der Waals surface area contributed by atoms with E-state index in [1.807, 2.05) is 6.07 Å². The van der Waals surface area contributed by atoms with Crippen LogP contribution in [0.15, 0.2) is 41.3 Å². The van der Waals surface area contributed by atoms with Crippen LogP contribution in [0.25, 0.3) is 10.8 Å². The molecule has 22 heavy (non-hydrogen) atoms. The minimum atomic E-state index is -4.28. The standard InChI is InChI=1S/C14H15IN2O4S/c15-9(7-14(16)18)8-17-12-5-1-4-11-10(12)3-2-6-13(11)22(19,20)21/h1-6,9,17H,7-8H2,(H2,16,18)(H,19,20,21). The van der Waals surface area contributed by atoms with Gasteiger partial charge in [-0.05, 0) is 12.1 Å². The smallest absolute Gasteiger partial charge is 0.295 e. The summed E-state index contributed by atoms with van der Waals surface area (Å²) in [6, 6.07) is 9.84. The molecular formula is C14H15IN2O4S. The maximum atomic E-state index is 11.4. The second-order valence-corrected chi connectivity index (χ2v) is 7.93. The largest absolute Gasteiger partial charge is 0.383 e. The Morgan fingerprint density at radius 2 is 1.86 bits per heavy atom. The quantitative estimate of drug-likeness (QED) is 0.367. The van der Waals surface area contributed by atoms with Crippen LogP contribution in [-0.4, -0.2) is 29.3 Å². The molecule has 8 heteroatoms. The number of carbonyl (C=O) groups excluding carboxylic acids is 1. The zero-order valence-electron chi connectivity index (χ0n) is 11.5. The number of nitrogens with one attached hydrogen (secondary N) is 1. The molecule has 0 aliphatic rings. The van der Waals surface area contributed by atoms with Gasteiger partial charge in [-0.25, -0.2) is 0 Å². The van der Waals surface area contributed by atoms with Gasteiger partial charge in [-0.15, -0.1) is 0 Å². The summed E-state index contributed by atoms with van der Waals surface area (Å²) in [5, 5.41) is 4.30. The molecule has 2 aromatic carbocycles. The first-order valence-electron chi connectivity index (χ1n) is 6.44. The lowest BCUT2D eigenvalue weighted by Crippen LogP contribution is -2.22. The molecule has 1 amide bonds. The van der Waals surface area contributed by atoms with Crippen LogP contribution < -0.4 is 11.1 Å². The molecule has 0 saturated carbocycles. The lowest BCUT2D eigenvalue weighted by molar-refractivity contribution is -0.117. The number of primary amides is 1. The van der Waals surface area contributed by atoms with Gasteiger partial charge in [0.05, 0.1) is 0 Å². The van der Waals surface area contributed by atoms with Gasteiger partial charge >= 0.3 is 0 Å². The number of hydrogen-bond acceptors (Lipinski definition) is 4. The number of fused-ring (bicyclic) bond motifs is 1. The van der Waals surface area contributed by atoms with Crippen molar-refractivity contribution in [3.05, 3.63) is 36.4 Å². The first-order valence-corrected chi connectivity index (χ1v) is 9.13. The predicted octanol–water partition coefficient (Wildman–Crippen LogP) is 2.18. The van der Waals surface area contributed by atoms with Crippen LogP contribution in [0.3, 0.4) is 0 Å². The number of rotatable bonds is 6. The molecule has 2 aromatic rings. The Morgan fingerprint density at radius 1 is 1.23 bits per heavy atom. The molecule has 2 rings (SSSR count). The fourth-order valence-corrected chi connectivity index (χ4v) is 3.53. The first-order chi connectivity index (χ1) is 10.3. The van der Waals surface area contributed by atoms with Crippen molar-refractivity contribution >= 4 is 55.1 Å². The summed E-state index contributed by atoms with van der Waals surface area (Å²) in [7, 11) is -4.28. The van der Waals surface area contributed by atoms with E-state index in [1.165, 1.54) is 6.07 Å². The van der Waals surface area contributed by atoms with Crippen LogP contribution in [-0.2, 0) is 14.9 Å². The lowest BCUT2D eigenvalue weighted by atomic mass is 10.1. The highest BCUT2D eigenvalue weighted by Crippen LogP contribution is 2.28. The van der Waals surface area contributed by atoms with Gasteiger partial charge in [0, 0.05) is 33.4 Å². The van der Waals surface area contributed by atoms with Crippen LogP contribution in [0, 0.1) is 0 Å². The lowest BCUT2D eigenvalue weighted by Gasteiger charge is -2.13.